The number of benzene rings is 4. The molecule has 0 amide bonds. The molecule has 0 aliphatic rings. The summed E-state index contributed by atoms with van der Waals surface area (Å²) in [7, 11) is -2.35. The lowest BCUT2D eigenvalue weighted by atomic mass is 10.1. The minimum Gasteiger partial charge on any atom is -0.506 e. The molecule has 0 saturated carbocycles. The molecular formula is C25H23N5O4S. The minimum absolute atomic E-state index is 0.0121. The summed E-state index contributed by atoms with van der Waals surface area (Å²) in [6, 6.07) is 23.9. The maximum atomic E-state index is 12.7. The Morgan fingerprint density at radius 2 is 1.37 bits per heavy atom. The zero-order valence-corrected chi connectivity index (χ0v) is 19.7. The molecule has 0 bridgehead atoms. The van der Waals surface area contributed by atoms with E-state index in [4.69, 9.17) is 5.11 Å². The van der Waals surface area contributed by atoms with E-state index in [1.54, 1.807) is 36.4 Å². The summed E-state index contributed by atoms with van der Waals surface area (Å²) in [6.07, 6.45) is 0. The van der Waals surface area contributed by atoms with Crippen molar-refractivity contribution in [3.05, 3.63) is 84.9 Å². The van der Waals surface area contributed by atoms with E-state index >= 15 is 0 Å². The lowest BCUT2D eigenvalue weighted by molar-refractivity contribution is 0.266. The van der Waals surface area contributed by atoms with Gasteiger partial charge < -0.3 is 10.2 Å². The number of nitrogens with zero attached hydrogens (tertiary/aromatic N) is 5. The number of phenolic OH excluding ortho intramolecular Hbond substituents is 1. The Bertz CT molecular complexity index is 1490. The number of aliphatic hydroxyl groups is 1. The van der Waals surface area contributed by atoms with Gasteiger partial charge in [0.25, 0.3) is 0 Å². The Kier molecular flexibility index (Phi) is 7.25. The SMILES string of the molecule is CN(CCO)S(=O)(=O)c1ccc2c(N=Nc3ccc(N=Nc4ccccc4)cc3)c(O)ccc2c1. The monoisotopic (exact) mass is 489 g/mol. The summed E-state index contributed by atoms with van der Waals surface area (Å²) in [5.74, 6) is -0.0810. The lowest BCUT2D eigenvalue weighted by Gasteiger charge is -2.16. The Hall–Kier alpha value is -3.99. The van der Waals surface area contributed by atoms with Crippen LogP contribution in [-0.4, -0.2) is 43.1 Å². The van der Waals surface area contributed by atoms with Crippen molar-refractivity contribution < 1.29 is 18.6 Å². The van der Waals surface area contributed by atoms with Gasteiger partial charge in [0.1, 0.15) is 11.4 Å². The fourth-order valence-electron chi connectivity index (χ4n) is 3.29. The molecular weight excluding hydrogens is 466 g/mol. The normalized spacial score (nSPS) is 12.3. The number of hydrogen-bond donors (Lipinski definition) is 2. The van der Waals surface area contributed by atoms with E-state index in [1.807, 2.05) is 30.3 Å². The second kappa shape index (κ2) is 10.5. The van der Waals surface area contributed by atoms with Gasteiger partial charge in [0.05, 0.1) is 28.6 Å². The molecule has 0 saturated heterocycles. The standard InChI is InChI=1S/C25H23N5O4S/c1-30(15-16-31)35(33,34)22-12-13-23-18(17-22)7-14-24(32)25(23)29-28-21-10-8-20(9-11-21)27-26-19-5-3-2-4-6-19/h2-14,17,31-32H,15-16H2,1H3. The molecule has 0 atom stereocenters. The summed E-state index contributed by atoms with van der Waals surface area (Å²) < 4.78 is 26.5. The topological polar surface area (TPSA) is 127 Å². The van der Waals surface area contributed by atoms with Gasteiger partial charge in [-0.25, -0.2) is 8.42 Å². The molecule has 0 aliphatic heterocycles. The molecule has 0 unspecified atom stereocenters. The number of azo groups is 2. The first-order valence-corrected chi connectivity index (χ1v) is 12.1. The van der Waals surface area contributed by atoms with Crippen molar-refractivity contribution in [1.29, 1.82) is 0 Å². The summed E-state index contributed by atoms with van der Waals surface area (Å²) in [5, 5.41) is 37.3. The molecule has 4 aromatic carbocycles. The molecule has 0 fully saturated rings. The van der Waals surface area contributed by atoms with Crippen LogP contribution in [0.2, 0.25) is 0 Å². The summed E-state index contributed by atoms with van der Waals surface area (Å²) in [5.41, 5.74) is 2.17. The molecule has 178 valence electrons. The second-order valence-electron chi connectivity index (χ2n) is 7.62. The molecule has 0 aliphatic carbocycles. The first-order valence-electron chi connectivity index (χ1n) is 10.7. The van der Waals surface area contributed by atoms with E-state index in [1.165, 1.54) is 25.2 Å². The first-order chi connectivity index (χ1) is 16.9. The third-order valence-electron chi connectivity index (χ3n) is 5.22. The van der Waals surface area contributed by atoms with E-state index in [2.05, 4.69) is 20.5 Å². The zero-order valence-electron chi connectivity index (χ0n) is 18.9. The van der Waals surface area contributed by atoms with Crippen molar-refractivity contribution >= 4 is 43.5 Å². The van der Waals surface area contributed by atoms with E-state index in [9.17, 15) is 13.5 Å². The number of phenols is 1. The number of aromatic hydroxyl groups is 1. The molecule has 4 aromatic rings. The van der Waals surface area contributed by atoms with Gasteiger partial charge in [0.2, 0.25) is 10.0 Å². The average molecular weight is 490 g/mol. The highest BCUT2D eigenvalue weighted by atomic mass is 32.2. The molecule has 0 radical (unpaired) electrons. The Labute approximate surface area is 202 Å². The van der Waals surface area contributed by atoms with Crippen LogP contribution in [0, 0.1) is 0 Å². The van der Waals surface area contributed by atoms with Crippen LogP contribution in [0.3, 0.4) is 0 Å². The summed E-state index contributed by atoms with van der Waals surface area (Å²) in [4.78, 5) is 0.0785. The number of rotatable bonds is 8. The average Bonchev–Trinajstić information content (AvgIpc) is 2.88. The second-order valence-corrected chi connectivity index (χ2v) is 9.66. The van der Waals surface area contributed by atoms with Crippen molar-refractivity contribution in [2.24, 2.45) is 20.5 Å². The van der Waals surface area contributed by atoms with Gasteiger partial charge in [0.15, 0.2) is 0 Å². The largest absolute Gasteiger partial charge is 0.506 e. The van der Waals surface area contributed by atoms with Crippen LogP contribution in [-0.2, 0) is 10.0 Å². The van der Waals surface area contributed by atoms with E-state index in [0.717, 1.165) is 9.99 Å². The predicted octanol–water partition coefficient (Wildman–Crippen LogP) is 5.99. The van der Waals surface area contributed by atoms with Crippen molar-refractivity contribution in [2.45, 2.75) is 4.90 Å². The predicted molar refractivity (Wildman–Crippen MR) is 134 cm³/mol. The number of likely N-dealkylation sites (N-methyl/N-ethyl adjacent to an activating group) is 1. The molecule has 0 spiro atoms. The third-order valence-corrected chi connectivity index (χ3v) is 7.07. The zero-order chi connectivity index (χ0) is 24.8. The highest BCUT2D eigenvalue weighted by Gasteiger charge is 2.21. The van der Waals surface area contributed by atoms with Crippen LogP contribution in [0.15, 0.2) is 110 Å². The summed E-state index contributed by atoms with van der Waals surface area (Å²) >= 11 is 0. The maximum absolute atomic E-state index is 12.7. The lowest BCUT2D eigenvalue weighted by Crippen LogP contribution is -2.29. The van der Waals surface area contributed by atoms with E-state index < -0.39 is 10.0 Å². The van der Waals surface area contributed by atoms with Crippen molar-refractivity contribution in [1.82, 2.24) is 4.31 Å². The van der Waals surface area contributed by atoms with Crippen LogP contribution in [0.1, 0.15) is 0 Å². The highest BCUT2D eigenvalue weighted by Crippen LogP contribution is 2.37. The fourth-order valence-corrected chi connectivity index (χ4v) is 4.49. The van der Waals surface area contributed by atoms with Crippen LogP contribution >= 0.6 is 0 Å². The smallest absolute Gasteiger partial charge is 0.242 e. The molecule has 2 N–H and O–H groups in total. The van der Waals surface area contributed by atoms with E-state index in [0.29, 0.717) is 22.1 Å². The van der Waals surface area contributed by atoms with Gasteiger partial charge in [-0.2, -0.15) is 19.6 Å². The highest BCUT2D eigenvalue weighted by molar-refractivity contribution is 7.89. The molecule has 35 heavy (non-hydrogen) atoms. The van der Waals surface area contributed by atoms with Crippen molar-refractivity contribution in [3.63, 3.8) is 0 Å². The Balaban J connectivity index is 1.58. The Morgan fingerprint density at radius 3 is 2.00 bits per heavy atom. The Morgan fingerprint density at radius 1 is 0.771 bits per heavy atom. The van der Waals surface area contributed by atoms with Gasteiger partial charge in [0, 0.05) is 19.0 Å². The van der Waals surface area contributed by atoms with Crippen LogP contribution in [0.4, 0.5) is 22.7 Å². The molecule has 9 nitrogen and oxygen atoms in total. The number of fused-ring (bicyclic) bond motifs is 1. The van der Waals surface area contributed by atoms with Crippen LogP contribution < -0.4 is 0 Å². The van der Waals surface area contributed by atoms with Gasteiger partial charge >= 0.3 is 0 Å². The van der Waals surface area contributed by atoms with Crippen LogP contribution in [0.25, 0.3) is 10.8 Å². The van der Waals surface area contributed by atoms with Crippen molar-refractivity contribution in [3.8, 4) is 5.75 Å². The van der Waals surface area contributed by atoms with Gasteiger partial charge in [-0.15, -0.1) is 5.11 Å². The number of hydrogen-bond acceptors (Lipinski definition) is 8. The van der Waals surface area contributed by atoms with Gasteiger partial charge in [-0.3, -0.25) is 0 Å². The molecule has 10 heteroatoms. The van der Waals surface area contributed by atoms with Gasteiger partial charge in [-0.05, 0) is 60.0 Å². The third kappa shape index (κ3) is 5.57. The number of sulfonamides is 1. The molecule has 4 rings (SSSR count). The fraction of sp³-hybridized carbons (Fsp3) is 0.120. The first kappa shape index (κ1) is 24.1. The maximum Gasteiger partial charge on any atom is 0.242 e. The summed E-state index contributed by atoms with van der Waals surface area (Å²) in [6.45, 7) is -0.291. The molecule has 0 aromatic heterocycles. The quantitative estimate of drug-likeness (QED) is 0.295. The van der Waals surface area contributed by atoms with Crippen LogP contribution in [0.5, 0.6) is 5.75 Å². The number of aliphatic hydroxyl groups excluding tert-OH is 1. The minimum atomic E-state index is -3.76. The van der Waals surface area contributed by atoms with Gasteiger partial charge in [-0.1, -0.05) is 30.3 Å². The van der Waals surface area contributed by atoms with E-state index in [-0.39, 0.29) is 29.5 Å². The van der Waals surface area contributed by atoms with Crippen molar-refractivity contribution in [2.75, 3.05) is 20.2 Å². The molecule has 0 heterocycles.